The Hall–Kier alpha value is -3.21. The summed E-state index contributed by atoms with van der Waals surface area (Å²) in [5, 5.41) is 0.792. The highest BCUT2D eigenvalue weighted by molar-refractivity contribution is 6.05. The zero-order valence-electron chi connectivity index (χ0n) is 22.4. The standard InChI is InChI=1S/C31H38N2O3/c1-30(2,3)22-16-17-26-24(18-22)28(23-14-10-11-15-25(23)32-26)29(35)36-20-27(34)33(31(4,5)6)19-21-12-8-7-9-13-21/h7-15,22H,16-20H2,1-6H3. The number of amides is 1. The number of aryl methyl sites for hydroxylation is 1. The molecule has 5 heteroatoms. The van der Waals surface area contributed by atoms with Gasteiger partial charge in [0.05, 0.1) is 11.1 Å². The van der Waals surface area contributed by atoms with E-state index in [-0.39, 0.29) is 17.9 Å². The molecule has 2 aromatic carbocycles. The number of benzene rings is 2. The van der Waals surface area contributed by atoms with Crippen molar-refractivity contribution in [3.05, 3.63) is 77.0 Å². The van der Waals surface area contributed by atoms with Crippen LogP contribution in [0.5, 0.6) is 0 Å². The number of esters is 1. The van der Waals surface area contributed by atoms with Crippen molar-refractivity contribution >= 4 is 22.8 Å². The number of carbonyl (C=O) groups is 2. The van der Waals surface area contributed by atoms with E-state index in [0.29, 0.717) is 18.0 Å². The third kappa shape index (κ3) is 5.61. The molecule has 0 bridgehead atoms. The first-order valence-electron chi connectivity index (χ1n) is 12.9. The normalized spacial score (nSPS) is 15.9. The van der Waals surface area contributed by atoms with Gasteiger partial charge in [0.1, 0.15) is 0 Å². The number of aromatic nitrogens is 1. The lowest BCUT2D eigenvalue weighted by molar-refractivity contribution is -0.140. The fourth-order valence-electron chi connectivity index (χ4n) is 5.10. The van der Waals surface area contributed by atoms with Crippen molar-refractivity contribution in [2.45, 2.75) is 72.9 Å². The van der Waals surface area contributed by atoms with Gasteiger partial charge in [-0.15, -0.1) is 0 Å². The Balaban J connectivity index is 1.61. The minimum atomic E-state index is -0.443. The van der Waals surface area contributed by atoms with Gasteiger partial charge >= 0.3 is 5.97 Å². The molecule has 0 N–H and O–H groups in total. The third-order valence-electron chi connectivity index (χ3n) is 7.31. The average Bonchev–Trinajstić information content (AvgIpc) is 2.83. The van der Waals surface area contributed by atoms with E-state index in [0.717, 1.165) is 47.0 Å². The Morgan fingerprint density at radius 3 is 2.31 bits per heavy atom. The zero-order valence-corrected chi connectivity index (χ0v) is 22.4. The Morgan fingerprint density at radius 2 is 1.64 bits per heavy atom. The van der Waals surface area contributed by atoms with Crippen LogP contribution in [0.4, 0.5) is 0 Å². The Kier molecular flexibility index (Phi) is 7.21. The van der Waals surface area contributed by atoms with Crippen molar-refractivity contribution in [3.8, 4) is 0 Å². The molecule has 0 saturated heterocycles. The molecule has 0 aliphatic heterocycles. The van der Waals surface area contributed by atoms with Crippen molar-refractivity contribution in [2.24, 2.45) is 11.3 Å². The number of pyridine rings is 1. The summed E-state index contributed by atoms with van der Waals surface area (Å²) in [4.78, 5) is 33.6. The molecule has 1 amide bonds. The van der Waals surface area contributed by atoms with Crippen LogP contribution in [0.1, 0.15) is 75.1 Å². The predicted molar refractivity (Wildman–Crippen MR) is 144 cm³/mol. The highest BCUT2D eigenvalue weighted by atomic mass is 16.5. The molecule has 5 nitrogen and oxygen atoms in total. The summed E-state index contributed by atoms with van der Waals surface area (Å²) < 4.78 is 5.74. The van der Waals surface area contributed by atoms with E-state index in [1.807, 2.05) is 75.4 Å². The molecular formula is C31H38N2O3. The fraction of sp³-hybridized carbons (Fsp3) is 0.452. The van der Waals surface area contributed by atoms with E-state index in [2.05, 4.69) is 20.8 Å². The first-order valence-corrected chi connectivity index (χ1v) is 12.9. The van der Waals surface area contributed by atoms with Gasteiger partial charge in [0, 0.05) is 23.2 Å². The van der Waals surface area contributed by atoms with Crippen LogP contribution in [0.2, 0.25) is 0 Å². The second-order valence-electron chi connectivity index (χ2n) is 11.9. The van der Waals surface area contributed by atoms with Crippen LogP contribution in [0.3, 0.4) is 0 Å². The maximum Gasteiger partial charge on any atom is 0.339 e. The van der Waals surface area contributed by atoms with Crippen molar-refractivity contribution in [1.82, 2.24) is 9.88 Å². The second kappa shape index (κ2) is 10.0. The highest BCUT2D eigenvalue weighted by Gasteiger charge is 2.34. The summed E-state index contributed by atoms with van der Waals surface area (Å²) in [5.74, 6) is -0.204. The van der Waals surface area contributed by atoms with Crippen LogP contribution in [0.25, 0.3) is 10.9 Å². The van der Waals surface area contributed by atoms with Gasteiger partial charge in [0.25, 0.3) is 5.91 Å². The van der Waals surface area contributed by atoms with Gasteiger partial charge in [0.15, 0.2) is 6.61 Å². The van der Waals surface area contributed by atoms with E-state index in [1.165, 1.54) is 0 Å². The lowest BCUT2D eigenvalue weighted by Crippen LogP contribution is -2.46. The molecule has 0 spiro atoms. The zero-order chi connectivity index (χ0) is 26.1. The summed E-state index contributed by atoms with van der Waals surface area (Å²) in [5.41, 5.74) is 4.08. The predicted octanol–water partition coefficient (Wildman–Crippen LogP) is 6.37. The number of nitrogens with zero attached hydrogens (tertiary/aromatic N) is 2. The summed E-state index contributed by atoms with van der Waals surface area (Å²) in [6.07, 6.45) is 2.68. The van der Waals surface area contributed by atoms with E-state index in [9.17, 15) is 9.59 Å². The molecule has 1 aliphatic rings. The number of ether oxygens (including phenoxy) is 1. The first kappa shape index (κ1) is 25.9. The average molecular weight is 487 g/mol. The van der Waals surface area contributed by atoms with E-state index in [4.69, 9.17) is 9.72 Å². The number of carbonyl (C=O) groups excluding carboxylic acids is 2. The lowest BCUT2D eigenvalue weighted by atomic mass is 9.70. The highest BCUT2D eigenvalue weighted by Crippen LogP contribution is 2.39. The van der Waals surface area contributed by atoms with Gasteiger partial charge < -0.3 is 9.64 Å². The molecule has 1 aliphatic carbocycles. The fourth-order valence-corrected chi connectivity index (χ4v) is 5.10. The summed E-state index contributed by atoms with van der Waals surface area (Å²) in [7, 11) is 0. The van der Waals surface area contributed by atoms with Gasteiger partial charge in [-0.25, -0.2) is 4.79 Å². The molecular weight excluding hydrogens is 448 g/mol. The van der Waals surface area contributed by atoms with E-state index < -0.39 is 11.5 Å². The molecule has 1 aromatic heterocycles. The van der Waals surface area contributed by atoms with Crippen LogP contribution in [0.15, 0.2) is 54.6 Å². The minimum Gasteiger partial charge on any atom is -0.452 e. The monoisotopic (exact) mass is 486 g/mol. The lowest BCUT2D eigenvalue weighted by Gasteiger charge is -2.36. The Bertz CT molecular complexity index is 1250. The third-order valence-corrected chi connectivity index (χ3v) is 7.31. The smallest absolute Gasteiger partial charge is 0.339 e. The molecule has 4 rings (SSSR count). The SMILES string of the molecule is CC(C)(C)C1CCc2nc3ccccc3c(C(=O)OCC(=O)N(Cc3ccccc3)C(C)(C)C)c2C1. The van der Waals surface area contributed by atoms with Crippen LogP contribution in [-0.2, 0) is 28.9 Å². The van der Waals surface area contributed by atoms with Crippen LogP contribution in [-0.4, -0.2) is 33.9 Å². The minimum absolute atomic E-state index is 0.130. The van der Waals surface area contributed by atoms with Gasteiger partial charge in [-0.2, -0.15) is 0 Å². The number of rotatable bonds is 5. The first-order chi connectivity index (χ1) is 16.9. The molecule has 0 radical (unpaired) electrons. The molecule has 1 atom stereocenters. The number of hydrogen-bond acceptors (Lipinski definition) is 4. The number of hydrogen-bond donors (Lipinski definition) is 0. The summed E-state index contributed by atoms with van der Waals surface area (Å²) in [6.45, 7) is 12.9. The second-order valence-corrected chi connectivity index (χ2v) is 11.9. The molecule has 0 fully saturated rings. The maximum absolute atomic E-state index is 13.6. The molecule has 1 heterocycles. The topological polar surface area (TPSA) is 59.5 Å². The maximum atomic E-state index is 13.6. The Labute approximate surface area is 214 Å². The van der Waals surface area contributed by atoms with Gasteiger partial charge in [-0.05, 0) is 68.6 Å². The molecule has 190 valence electrons. The molecule has 3 aromatic rings. The molecule has 1 unspecified atom stereocenters. The molecule has 0 saturated carbocycles. The van der Waals surface area contributed by atoms with Crippen molar-refractivity contribution < 1.29 is 14.3 Å². The van der Waals surface area contributed by atoms with Crippen molar-refractivity contribution in [1.29, 1.82) is 0 Å². The van der Waals surface area contributed by atoms with E-state index in [1.54, 1.807) is 4.90 Å². The molecule has 36 heavy (non-hydrogen) atoms. The van der Waals surface area contributed by atoms with Crippen molar-refractivity contribution in [3.63, 3.8) is 0 Å². The number of para-hydroxylation sites is 1. The van der Waals surface area contributed by atoms with Gasteiger partial charge in [-0.3, -0.25) is 9.78 Å². The van der Waals surface area contributed by atoms with Gasteiger partial charge in [0.2, 0.25) is 0 Å². The van der Waals surface area contributed by atoms with Gasteiger partial charge in [-0.1, -0.05) is 69.3 Å². The van der Waals surface area contributed by atoms with Crippen LogP contribution < -0.4 is 0 Å². The largest absolute Gasteiger partial charge is 0.452 e. The summed E-state index contributed by atoms with van der Waals surface area (Å²) in [6, 6.07) is 17.6. The summed E-state index contributed by atoms with van der Waals surface area (Å²) >= 11 is 0. The van der Waals surface area contributed by atoms with E-state index >= 15 is 0 Å². The van der Waals surface area contributed by atoms with Crippen LogP contribution >= 0.6 is 0 Å². The quantitative estimate of drug-likeness (QED) is 0.393. The van der Waals surface area contributed by atoms with Crippen molar-refractivity contribution in [2.75, 3.05) is 6.61 Å². The number of fused-ring (bicyclic) bond motifs is 2. The van der Waals surface area contributed by atoms with Crippen LogP contribution in [0, 0.1) is 11.3 Å². The Morgan fingerprint density at radius 1 is 0.972 bits per heavy atom.